The Morgan fingerprint density at radius 1 is 0.857 bits per heavy atom. The standard InChI is InChI=1S/C51H64F5N9O4S/c1-32(34-14-16-36(17-15-34)45-33(2)58-31-70-45)59-47(68)39-11-10-23-65(39)48(69)46(49(3,4)5)62-43(66)12-8-6-7-9-13-44(67)63-24-19-35(20-25-63)37-27-41(60-40-29-38(18-22-57-40)51(54,55)56)61-42(28-37)64-26-21-50(52,53)30-64/h14-18,22,27-29,31-32,35,39,46H,6-13,19-21,23-26,30H2,1-5H3,(H,59,68)(H,62,66)(H,57,60,61). The van der Waals surface area contributed by atoms with Crippen molar-refractivity contribution >= 4 is 52.4 Å². The first-order chi connectivity index (χ1) is 33.1. The number of anilines is 3. The zero-order valence-corrected chi connectivity index (χ0v) is 41.3. The number of alkyl halides is 5. The second-order valence-corrected chi connectivity index (χ2v) is 20.8. The quantitative estimate of drug-likeness (QED) is 0.0693. The van der Waals surface area contributed by atoms with Gasteiger partial charge in [0, 0.05) is 51.6 Å². The van der Waals surface area contributed by atoms with Crippen molar-refractivity contribution in [3.05, 3.63) is 82.6 Å². The highest BCUT2D eigenvalue weighted by atomic mass is 32.1. The first kappa shape index (κ1) is 52.1. The average Bonchev–Trinajstić information content (AvgIpc) is 4.08. The molecule has 3 saturated heterocycles. The summed E-state index contributed by atoms with van der Waals surface area (Å²) in [4.78, 5) is 73.1. The highest BCUT2D eigenvalue weighted by molar-refractivity contribution is 7.13. The van der Waals surface area contributed by atoms with E-state index in [2.05, 4.69) is 30.9 Å². The summed E-state index contributed by atoms with van der Waals surface area (Å²) in [6, 6.07) is 11.5. The molecule has 1 aromatic carbocycles. The molecule has 0 saturated carbocycles. The van der Waals surface area contributed by atoms with E-state index in [9.17, 15) is 41.1 Å². The van der Waals surface area contributed by atoms with Gasteiger partial charge in [0.25, 0.3) is 5.92 Å². The molecule has 0 bridgehead atoms. The molecule has 3 aliphatic rings. The minimum Gasteiger partial charge on any atom is -0.350 e. The van der Waals surface area contributed by atoms with E-state index in [0.29, 0.717) is 70.4 Å². The van der Waals surface area contributed by atoms with Crippen molar-refractivity contribution in [3.8, 4) is 10.4 Å². The van der Waals surface area contributed by atoms with Crippen LogP contribution in [0.4, 0.5) is 39.4 Å². The maximum Gasteiger partial charge on any atom is 0.416 e. The van der Waals surface area contributed by atoms with Crippen molar-refractivity contribution < 1.29 is 41.1 Å². The van der Waals surface area contributed by atoms with Gasteiger partial charge in [0.1, 0.15) is 29.5 Å². The molecule has 6 heterocycles. The SMILES string of the molecule is Cc1ncsc1-c1ccc(C(C)NC(=O)C2CCCN2C(=O)C(NC(=O)CCCCCCC(=O)N2CCC(c3cc(Nc4cc(C(F)(F)F)ccn4)nc(N4CCC(F)(F)C4)c3)CC2)C(C)(C)C)cc1. The van der Waals surface area contributed by atoms with Gasteiger partial charge in [-0.15, -0.1) is 11.3 Å². The summed E-state index contributed by atoms with van der Waals surface area (Å²) in [6.45, 7) is 10.6. The van der Waals surface area contributed by atoms with E-state index in [0.717, 1.165) is 58.4 Å². The normalized spacial score (nSPS) is 18.4. The van der Waals surface area contributed by atoms with Crippen LogP contribution >= 0.6 is 11.3 Å². The van der Waals surface area contributed by atoms with Gasteiger partial charge in [-0.2, -0.15) is 13.2 Å². The van der Waals surface area contributed by atoms with Crippen LogP contribution < -0.4 is 20.9 Å². The van der Waals surface area contributed by atoms with Gasteiger partial charge in [-0.05, 0) is 105 Å². The first-order valence-electron chi connectivity index (χ1n) is 24.3. The van der Waals surface area contributed by atoms with Crippen molar-refractivity contribution in [1.82, 2.24) is 35.4 Å². The Kier molecular flexibility index (Phi) is 16.5. The molecule has 3 unspecified atom stereocenters. The minimum atomic E-state index is -4.58. The van der Waals surface area contributed by atoms with Crippen LogP contribution in [-0.4, -0.2) is 99.1 Å². The van der Waals surface area contributed by atoms with E-state index in [1.54, 1.807) is 28.4 Å². The van der Waals surface area contributed by atoms with E-state index >= 15 is 0 Å². The van der Waals surface area contributed by atoms with E-state index in [1.165, 1.54) is 4.90 Å². The highest BCUT2D eigenvalue weighted by Crippen LogP contribution is 2.37. The first-order valence-corrected chi connectivity index (χ1v) is 25.2. The summed E-state index contributed by atoms with van der Waals surface area (Å²) in [5.74, 6) is -3.23. The van der Waals surface area contributed by atoms with Crippen LogP contribution in [0.2, 0.25) is 0 Å². The van der Waals surface area contributed by atoms with Crippen LogP contribution in [0, 0.1) is 12.3 Å². The molecule has 19 heteroatoms. The highest BCUT2D eigenvalue weighted by Gasteiger charge is 2.43. The van der Waals surface area contributed by atoms with Crippen LogP contribution in [0.25, 0.3) is 10.4 Å². The number of amides is 4. The molecule has 4 amide bonds. The minimum absolute atomic E-state index is 0.0234. The van der Waals surface area contributed by atoms with Gasteiger partial charge in [0.15, 0.2) is 0 Å². The Labute approximate surface area is 410 Å². The maximum absolute atomic E-state index is 14.2. The van der Waals surface area contributed by atoms with Crippen molar-refractivity contribution in [2.24, 2.45) is 5.41 Å². The molecule has 0 spiro atoms. The lowest BCUT2D eigenvalue weighted by Gasteiger charge is -2.35. The summed E-state index contributed by atoms with van der Waals surface area (Å²) in [5.41, 5.74) is 4.10. The number of pyridine rings is 2. The number of nitrogens with one attached hydrogen (secondary N) is 3. The van der Waals surface area contributed by atoms with Crippen LogP contribution in [-0.2, 0) is 25.4 Å². The molecule has 3 fully saturated rings. The molecular weight excluding hydrogens is 930 g/mol. The number of hydrogen-bond donors (Lipinski definition) is 3. The maximum atomic E-state index is 14.2. The number of benzene rings is 1. The number of hydrogen-bond acceptors (Lipinski definition) is 10. The zero-order valence-electron chi connectivity index (χ0n) is 40.5. The fourth-order valence-corrected chi connectivity index (χ4v) is 10.3. The molecule has 0 aliphatic carbocycles. The van der Waals surface area contributed by atoms with Gasteiger partial charge in [-0.3, -0.25) is 19.2 Å². The molecule has 4 aromatic rings. The fourth-order valence-electron chi connectivity index (χ4n) is 9.52. The summed E-state index contributed by atoms with van der Waals surface area (Å²) < 4.78 is 68.7. The molecule has 378 valence electrons. The predicted molar refractivity (Wildman–Crippen MR) is 260 cm³/mol. The van der Waals surface area contributed by atoms with E-state index in [-0.39, 0.29) is 66.6 Å². The number of thiazole rings is 1. The Hall–Kier alpha value is -5.72. The lowest BCUT2D eigenvalue weighted by Crippen LogP contribution is -2.57. The molecule has 3 atom stereocenters. The molecule has 70 heavy (non-hydrogen) atoms. The largest absolute Gasteiger partial charge is 0.416 e. The molecule has 13 nitrogen and oxygen atoms in total. The van der Waals surface area contributed by atoms with Crippen molar-refractivity contribution in [1.29, 1.82) is 0 Å². The Morgan fingerprint density at radius 3 is 2.21 bits per heavy atom. The molecular formula is C51H64F5N9O4S. The zero-order chi connectivity index (χ0) is 50.4. The van der Waals surface area contributed by atoms with Crippen LogP contribution in [0.15, 0.2) is 60.2 Å². The van der Waals surface area contributed by atoms with Crippen LogP contribution in [0.1, 0.15) is 133 Å². The third kappa shape index (κ3) is 13.4. The molecule has 3 aromatic heterocycles. The average molecular weight is 994 g/mol. The van der Waals surface area contributed by atoms with Gasteiger partial charge < -0.3 is 30.7 Å². The topological polar surface area (TPSA) is 153 Å². The van der Waals surface area contributed by atoms with Gasteiger partial charge in [-0.25, -0.2) is 23.7 Å². The van der Waals surface area contributed by atoms with Crippen LogP contribution in [0.5, 0.6) is 0 Å². The fraction of sp³-hybridized carbons (Fsp3) is 0.549. The number of likely N-dealkylation sites (tertiary alicyclic amines) is 2. The van der Waals surface area contributed by atoms with E-state index in [4.69, 9.17) is 0 Å². The smallest absolute Gasteiger partial charge is 0.350 e. The lowest BCUT2D eigenvalue weighted by molar-refractivity contribution is -0.144. The van der Waals surface area contributed by atoms with Gasteiger partial charge in [-0.1, -0.05) is 57.9 Å². The van der Waals surface area contributed by atoms with Gasteiger partial charge in [0.05, 0.1) is 34.2 Å². The number of piperidine rings is 1. The summed E-state index contributed by atoms with van der Waals surface area (Å²) in [6.07, 6.45) is 1.81. The summed E-state index contributed by atoms with van der Waals surface area (Å²) in [7, 11) is 0. The number of unbranched alkanes of at least 4 members (excludes halogenated alkanes) is 3. The number of aromatic nitrogens is 3. The number of aryl methyl sites for hydroxylation is 1. The van der Waals surface area contributed by atoms with Crippen molar-refractivity contribution in [2.75, 3.05) is 42.9 Å². The molecule has 0 radical (unpaired) electrons. The van der Waals surface area contributed by atoms with Crippen molar-refractivity contribution in [3.63, 3.8) is 0 Å². The Morgan fingerprint density at radius 2 is 1.57 bits per heavy atom. The van der Waals surface area contributed by atoms with E-state index in [1.807, 2.05) is 69.3 Å². The molecule has 3 aliphatic heterocycles. The third-order valence-corrected chi connectivity index (χ3v) is 14.5. The van der Waals surface area contributed by atoms with Gasteiger partial charge >= 0.3 is 6.18 Å². The number of halogens is 5. The van der Waals surface area contributed by atoms with Gasteiger partial charge in [0.2, 0.25) is 23.6 Å². The van der Waals surface area contributed by atoms with E-state index < -0.39 is 41.7 Å². The number of carbonyl (C=O) groups is 4. The second kappa shape index (κ2) is 22.1. The monoisotopic (exact) mass is 993 g/mol. The Balaban J connectivity index is 0.842. The number of carbonyl (C=O) groups excluding carboxylic acids is 4. The van der Waals surface area contributed by atoms with Crippen LogP contribution in [0.3, 0.4) is 0 Å². The Bertz CT molecular complexity index is 2470. The summed E-state index contributed by atoms with van der Waals surface area (Å²) >= 11 is 1.58. The van der Waals surface area contributed by atoms with Crippen molar-refractivity contribution in [2.45, 2.75) is 141 Å². The molecule has 7 rings (SSSR count). The summed E-state index contributed by atoms with van der Waals surface area (Å²) in [5, 5.41) is 8.94. The number of rotatable bonds is 17. The number of nitrogens with zero attached hydrogens (tertiary/aromatic N) is 6. The molecule has 3 N–H and O–H groups in total. The lowest BCUT2D eigenvalue weighted by atomic mass is 9.85. The predicted octanol–water partition coefficient (Wildman–Crippen LogP) is 9.96. The third-order valence-electron chi connectivity index (χ3n) is 13.6. The second-order valence-electron chi connectivity index (χ2n) is 20.0.